The van der Waals surface area contributed by atoms with Crippen molar-refractivity contribution in [3.05, 3.63) is 289 Å². The van der Waals surface area contributed by atoms with Gasteiger partial charge in [-0.15, -0.1) is 0 Å². The maximum Gasteiger partial charge on any atom is 0.0689 e. The van der Waals surface area contributed by atoms with Crippen molar-refractivity contribution in [1.29, 1.82) is 0 Å². The highest BCUT2D eigenvalue weighted by Gasteiger charge is 2.52. The Balaban J connectivity index is 1.20. The minimum absolute atomic E-state index is 0.632. The summed E-state index contributed by atoms with van der Waals surface area (Å²) in [6.07, 6.45) is 6.74. The molecule has 320 valence electrons. The van der Waals surface area contributed by atoms with Crippen LogP contribution in [-0.4, -0.2) is 0 Å². The van der Waals surface area contributed by atoms with Crippen LogP contribution in [0.5, 0.6) is 0 Å². The van der Waals surface area contributed by atoms with Crippen LogP contribution in [0.25, 0.3) is 72.3 Å². The summed E-state index contributed by atoms with van der Waals surface area (Å²) in [6.45, 7) is 0. The summed E-state index contributed by atoms with van der Waals surface area (Å²) in [4.78, 5) is 2.56. The number of allylic oxidation sites excluding steroid dienone is 4. The molecular formula is C67H47N. The van der Waals surface area contributed by atoms with Gasteiger partial charge in [0.2, 0.25) is 0 Å². The Morgan fingerprint density at radius 3 is 1.53 bits per heavy atom. The third-order valence-corrected chi connectivity index (χ3v) is 14.6. The lowest BCUT2D eigenvalue weighted by atomic mass is 9.63. The molecule has 0 N–H and O–H groups in total. The zero-order valence-electron chi connectivity index (χ0n) is 37.7. The fraction of sp³-hybridized carbons (Fsp3) is 0.0448. The van der Waals surface area contributed by atoms with Crippen molar-refractivity contribution in [2.75, 3.05) is 4.90 Å². The van der Waals surface area contributed by atoms with Crippen molar-refractivity contribution < 1.29 is 0 Å². The molecule has 0 aliphatic heterocycles. The van der Waals surface area contributed by atoms with Crippen LogP contribution in [0.15, 0.2) is 266 Å². The number of hydrogen-bond acceptors (Lipinski definition) is 1. The molecule has 3 aliphatic rings. The van der Waals surface area contributed by atoms with E-state index in [1.807, 2.05) is 0 Å². The van der Waals surface area contributed by atoms with Crippen LogP contribution in [-0.2, 0) is 5.41 Å². The number of para-hydroxylation sites is 1. The van der Waals surface area contributed by atoms with Crippen LogP contribution in [0.1, 0.15) is 35.1 Å². The van der Waals surface area contributed by atoms with Crippen molar-refractivity contribution in [2.45, 2.75) is 18.3 Å². The molecule has 13 rings (SSSR count). The van der Waals surface area contributed by atoms with Gasteiger partial charge in [0.05, 0.1) is 16.8 Å². The van der Waals surface area contributed by atoms with Crippen molar-refractivity contribution in [1.82, 2.24) is 0 Å². The SMILES string of the molecule is C1=CC2=C(CC1)C1(c3ccccc3-c3ccccc32)c2cc(-c3ccccc3)ccc2-c2c(N(c3ccc(-c4ccccc4)cc3)c3ccccc3-c3ccccc3)cc(-c3ccccc3)cc21. The monoisotopic (exact) mass is 865 g/mol. The molecule has 68 heavy (non-hydrogen) atoms. The van der Waals surface area contributed by atoms with E-state index < -0.39 is 5.41 Å². The Morgan fingerprint density at radius 1 is 0.324 bits per heavy atom. The van der Waals surface area contributed by atoms with E-state index in [0.29, 0.717) is 0 Å². The quantitative estimate of drug-likeness (QED) is 0.154. The van der Waals surface area contributed by atoms with E-state index in [0.717, 1.165) is 29.9 Å². The molecule has 0 radical (unpaired) electrons. The second-order valence-electron chi connectivity index (χ2n) is 18.2. The van der Waals surface area contributed by atoms with Crippen molar-refractivity contribution in [3.63, 3.8) is 0 Å². The molecule has 0 bridgehead atoms. The molecule has 1 spiro atoms. The van der Waals surface area contributed by atoms with Crippen molar-refractivity contribution in [2.24, 2.45) is 0 Å². The van der Waals surface area contributed by atoms with Crippen LogP contribution in [0.4, 0.5) is 17.1 Å². The van der Waals surface area contributed by atoms with Gasteiger partial charge in [-0.1, -0.05) is 224 Å². The third-order valence-electron chi connectivity index (χ3n) is 14.6. The first-order chi connectivity index (χ1) is 33.8. The molecule has 0 saturated heterocycles. The maximum absolute atomic E-state index is 2.56. The standard InChI is InChI=1S/C67H47N/c1-5-21-46(22-6-1)49-37-40-53(41-38-49)68(64-36-20-17-29-54(64)50-27-11-4-12-28-50)65-45-52(48-25-9-3-10-26-48)44-63-66(65)59-42-39-51(47-23-7-2-8-24-47)43-62(59)67(63)60-34-18-15-32-57(60)55-30-13-14-31-56(55)58-33-16-19-35-61(58)67/h1-18,20-34,36-45H,19,35H2. The van der Waals surface area contributed by atoms with Crippen LogP contribution < -0.4 is 4.90 Å². The number of hydrogen-bond donors (Lipinski definition) is 0. The fourth-order valence-corrected chi connectivity index (χ4v) is 11.7. The lowest BCUT2D eigenvalue weighted by Crippen LogP contribution is -2.31. The minimum atomic E-state index is -0.632. The summed E-state index contributed by atoms with van der Waals surface area (Å²) < 4.78 is 0. The highest BCUT2D eigenvalue weighted by molar-refractivity contribution is 6.05. The first-order valence-corrected chi connectivity index (χ1v) is 23.9. The molecule has 1 unspecified atom stereocenters. The molecule has 0 aromatic heterocycles. The van der Waals surface area contributed by atoms with Gasteiger partial charge in [0.1, 0.15) is 0 Å². The topological polar surface area (TPSA) is 3.24 Å². The van der Waals surface area contributed by atoms with E-state index in [9.17, 15) is 0 Å². The van der Waals surface area contributed by atoms with Gasteiger partial charge in [-0.2, -0.15) is 0 Å². The van der Waals surface area contributed by atoms with Crippen LogP contribution in [0.2, 0.25) is 0 Å². The Kier molecular flexibility index (Phi) is 9.61. The number of anilines is 3. The first kappa shape index (κ1) is 39.8. The average molecular weight is 866 g/mol. The summed E-state index contributed by atoms with van der Waals surface area (Å²) in [6, 6.07) is 92.5. The second-order valence-corrected chi connectivity index (χ2v) is 18.2. The van der Waals surface area contributed by atoms with Gasteiger partial charge in [0.15, 0.2) is 0 Å². The number of benzene rings is 10. The summed E-state index contributed by atoms with van der Waals surface area (Å²) in [5.74, 6) is 0. The summed E-state index contributed by atoms with van der Waals surface area (Å²) >= 11 is 0. The number of nitrogens with zero attached hydrogens (tertiary/aromatic N) is 1. The molecule has 10 aromatic carbocycles. The Morgan fingerprint density at radius 2 is 0.838 bits per heavy atom. The zero-order valence-corrected chi connectivity index (χ0v) is 37.7. The van der Waals surface area contributed by atoms with E-state index in [2.05, 4.69) is 266 Å². The van der Waals surface area contributed by atoms with Gasteiger partial charge < -0.3 is 4.90 Å². The van der Waals surface area contributed by atoms with Gasteiger partial charge in [-0.05, 0) is 138 Å². The Bertz CT molecular complexity index is 3590. The van der Waals surface area contributed by atoms with Gasteiger partial charge in [0.25, 0.3) is 0 Å². The van der Waals surface area contributed by atoms with E-state index in [4.69, 9.17) is 0 Å². The van der Waals surface area contributed by atoms with E-state index in [1.54, 1.807) is 0 Å². The highest BCUT2D eigenvalue weighted by atomic mass is 15.1. The molecule has 1 nitrogen and oxygen atoms in total. The van der Waals surface area contributed by atoms with E-state index in [1.165, 1.54) is 100 Å². The lowest BCUT2D eigenvalue weighted by molar-refractivity contribution is 0.701. The largest absolute Gasteiger partial charge is 0.309 e. The Hall–Kier alpha value is -8.52. The predicted octanol–water partition coefficient (Wildman–Crippen LogP) is 17.9. The third kappa shape index (κ3) is 6.31. The molecular weight excluding hydrogens is 819 g/mol. The van der Waals surface area contributed by atoms with Crippen LogP contribution >= 0.6 is 0 Å². The van der Waals surface area contributed by atoms with Crippen molar-refractivity contribution >= 4 is 22.6 Å². The molecule has 0 saturated carbocycles. The van der Waals surface area contributed by atoms with E-state index >= 15 is 0 Å². The summed E-state index contributed by atoms with van der Waals surface area (Å²) in [7, 11) is 0. The first-order valence-electron chi connectivity index (χ1n) is 23.9. The van der Waals surface area contributed by atoms with Gasteiger partial charge in [-0.3, -0.25) is 0 Å². The number of rotatable bonds is 7. The molecule has 10 aromatic rings. The molecule has 1 heteroatoms. The van der Waals surface area contributed by atoms with Gasteiger partial charge >= 0.3 is 0 Å². The van der Waals surface area contributed by atoms with Crippen molar-refractivity contribution in [3.8, 4) is 66.8 Å². The normalized spacial score (nSPS) is 15.2. The van der Waals surface area contributed by atoms with Gasteiger partial charge in [0, 0.05) is 16.8 Å². The molecule has 3 aliphatic carbocycles. The second kappa shape index (κ2) is 16.4. The van der Waals surface area contributed by atoms with E-state index in [-0.39, 0.29) is 0 Å². The molecule has 0 fully saturated rings. The zero-order chi connectivity index (χ0) is 45.0. The minimum Gasteiger partial charge on any atom is -0.309 e. The Labute approximate surface area is 399 Å². The highest BCUT2D eigenvalue weighted by Crippen LogP contribution is 2.65. The smallest absolute Gasteiger partial charge is 0.0689 e. The molecule has 0 amide bonds. The van der Waals surface area contributed by atoms with Crippen LogP contribution in [0.3, 0.4) is 0 Å². The molecule has 1 atom stereocenters. The fourth-order valence-electron chi connectivity index (χ4n) is 11.7. The van der Waals surface area contributed by atoms with Crippen LogP contribution in [0, 0.1) is 0 Å². The van der Waals surface area contributed by atoms with Gasteiger partial charge in [-0.25, -0.2) is 0 Å². The summed E-state index contributed by atoms with van der Waals surface area (Å²) in [5, 5.41) is 0. The summed E-state index contributed by atoms with van der Waals surface area (Å²) in [5.41, 5.74) is 25.4. The number of fused-ring (bicyclic) bond motifs is 11. The lowest BCUT2D eigenvalue weighted by Gasteiger charge is -2.39. The molecule has 0 heterocycles. The average Bonchev–Trinajstić information content (AvgIpc) is 3.66. The maximum atomic E-state index is 2.56. The predicted molar refractivity (Wildman–Crippen MR) is 285 cm³/mol.